The van der Waals surface area contributed by atoms with Crippen LogP contribution in [-0.4, -0.2) is 16.8 Å². The van der Waals surface area contributed by atoms with Gasteiger partial charge in [-0.1, -0.05) is 55.7 Å². The first-order chi connectivity index (χ1) is 12.8. The van der Waals surface area contributed by atoms with Crippen LogP contribution in [0.25, 0.3) is 0 Å². The molecule has 1 aliphatic rings. The zero-order valence-corrected chi connectivity index (χ0v) is 16.9. The molecular weight excluding hydrogens is 356 g/mol. The van der Waals surface area contributed by atoms with Crippen LogP contribution < -0.4 is 0 Å². The fourth-order valence-electron chi connectivity index (χ4n) is 3.55. The number of rotatable bonds is 9. The van der Waals surface area contributed by atoms with E-state index in [2.05, 4.69) is 54.6 Å². The molecule has 1 aliphatic carbocycles. The van der Waals surface area contributed by atoms with E-state index < -0.39 is 0 Å². The predicted octanol–water partition coefficient (Wildman–Crippen LogP) is 6.87. The SMILES string of the molecule is O=C(C1CCCCC1)C(CCCSc1ccccc1)Sc1ccccc1. The second-order valence-electron chi connectivity index (χ2n) is 6.96. The van der Waals surface area contributed by atoms with Gasteiger partial charge in [0.15, 0.2) is 0 Å². The van der Waals surface area contributed by atoms with Gasteiger partial charge in [0.25, 0.3) is 0 Å². The van der Waals surface area contributed by atoms with Gasteiger partial charge in [-0.3, -0.25) is 4.79 Å². The number of thioether (sulfide) groups is 2. The summed E-state index contributed by atoms with van der Waals surface area (Å²) < 4.78 is 0. The maximum atomic E-state index is 13.1. The zero-order chi connectivity index (χ0) is 18.0. The Bertz CT molecular complexity index is 650. The Morgan fingerprint density at radius 2 is 1.50 bits per heavy atom. The zero-order valence-electron chi connectivity index (χ0n) is 15.3. The number of carbonyl (C=O) groups excluding carboxylic acids is 1. The lowest BCUT2D eigenvalue weighted by molar-refractivity contribution is -0.123. The van der Waals surface area contributed by atoms with Crippen LogP contribution in [0.15, 0.2) is 70.5 Å². The molecule has 2 aromatic carbocycles. The van der Waals surface area contributed by atoms with Crippen LogP contribution in [0.5, 0.6) is 0 Å². The van der Waals surface area contributed by atoms with Crippen molar-refractivity contribution in [1.29, 1.82) is 0 Å². The van der Waals surface area contributed by atoms with Gasteiger partial charge in [0.1, 0.15) is 5.78 Å². The largest absolute Gasteiger partial charge is 0.298 e. The molecule has 2 aromatic rings. The summed E-state index contributed by atoms with van der Waals surface area (Å²) in [4.78, 5) is 15.7. The fraction of sp³-hybridized carbons (Fsp3) is 0.435. The van der Waals surface area contributed by atoms with E-state index in [4.69, 9.17) is 0 Å². The van der Waals surface area contributed by atoms with E-state index in [1.807, 2.05) is 17.8 Å². The fourth-order valence-corrected chi connectivity index (χ4v) is 5.68. The van der Waals surface area contributed by atoms with Gasteiger partial charge < -0.3 is 0 Å². The third kappa shape index (κ3) is 6.21. The summed E-state index contributed by atoms with van der Waals surface area (Å²) in [6.07, 6.45) is 8.02. The molecule has 0 saturated heterocycles. The van der Waals surface area contributed by atoms with Crippen molar-refractivity contribution >= 4 is 29.3 Å². The molecule has 1 fully saturated rings. The lowest BCUT2D eigenvalue weighted by Crippen LogP contribution is -2.27. The Morgan fingerprint density at radius 1 is 0.885 bits per heavy atom. The molecule has 0 aromatic heterocycles. The van der Waals surface area contributed by atoms with Crippen LogP contribution in [0.4, 0.5) is 0 Å². The molecule has 0 heterocycles. The van der Waals surface area contributed by atoms with E-state index in [0.717, 1.165) is 31.4 Å². The Morgan fingerprint density at radius 3 is 2.15 bits per heavy atom. The minimum atomic E-state index is 0.108. The number of ketones is 1. The quantitative estimate of drug-likeness (QED) is 0.347. The first-order valence-corrected chi connectivity index (χ1v) is 11.6. The van der Waals surface area contributed by atoms with Gasteiger partial charge in [0.2, 0.25) is 0 Å². The van der Waals surface area contributed by atoms with Crippen molar-refractivity contribution in [2.24, 2.45) is 5.92 Å². The Balaban J connectivity index is 1.55. The maximum Gasteiger partial charge on any atom is 0.149 e. The summed E-state index contributed by atoms with van der Waals surface area (Å²) in [5.41, 5.74) is 0. The Kier molecular flexibility index (Phi) is 8.16. The molecule has 0 amide bonds. The maximum absolute atomic E-state index is 13.1. The molecule has 0 bridgehead atoms. The van der Waals surface area contributed by atoms with Gasteiger partial charge in [0.05, 0.1) is 5.25 Å². The highest BCUT2D eigenvalue weighted by molar-refractivity contribution is 8.00. The number of Topliss-reactive ketones (excluding diaryl/α,β-unsaturated/α-hetero) is 1. The third-order valence-electron chi connectivity index (χ3n) is 4.97. The average Bonchev–Trinajstić information content (AvgIpc) is 2.72. The molecule has 1 unspecified atom stereocenters. The smallest absolute Gasteiger partial charge is 0.149 e. The third-order valence-corrected chi connectivity index (χ3v) is 7.36. The molecule has 26 heavy (non-hydrogen) atoms. The average molecular weight is 385 g/mol. The van der Waals surface area contributed by atoms with Crippen LogP contribution in [0.1, 0.15) is 44.9 Å². The molecule has 0 radical (unpaired) electrons. The van der Waals surface area contributed by atoms with Gasteiger partial charge in [-0.05, 0) is 55.7 Å². The molecule has 1 nitrogen and oxygen atoms in total. The number of hydrogen-bond acceptors (Lipinski definition) is 3. The van der Waals surface area contributed by atoms with E-state index in [-0.39, 0.29) is 5.25 Å². The van der Waals surface area contributed by atoms with Gasteiger partial charge >= 0.3 is 0 Å². The summed E-state index contributed by atoms with van der Waals surface area (Å²) in [5.74, 6) is 1.88. The van der Waals surface area contributed by atoms with Crippen LogP contribution in [0, 0.1) is 5.92 Å². The first-order valence-electron chi connectivity index (χ1n) is 9.76. The molecule has 0 N–H and O–H groups in total. The Labute approximate surface area is 166 Å². The summed E-state index contributed by atoms with van der Waals surface area (Å²) >= 11 is 3.67. The summed E-state index contributed by atoms with van der Waals surface area (Å²) in [7, 11) is 0. The van der Waals surface area contributed by atoms with Gasteiger partial charge in [0, 0.05) is 15.7 Å². The monoisotopic (exact) mass is 384 g/mol. The van der Waals surface area contributed by atoms with Crippen molar-refractivity contribution in [2.75, 3.05) is 5.75 Å². The minimum Gasteiger partial charge on any atom is -0.298 e. The van der Waals surface area contributed by atoms with E-state index in [1.54, 1.807) is 11.8 Å². The molecule has 3 rings (SSSR count). The van der Waals surface area contributed by atoms with Crippen LogP contribution in [-0.2, 0) is 4.79 Å². The van der Waals surface area contributed by atoms with Crippen molar-refractivity contribution in [1.82, 2.24) is 0 Å². The summed E-state index contributed by atoms with van der Waals surface area (Å²) in [6, 6.07) is 21.0. The standard InChI is InChI=1S/C23H28OS2/c24-23(19-11-4-1-5-12-19)22(26-21-15-8-3-9-16-21)17-10-18-25-20-13-6-2-7-14-20/h2-3,6-9,13-16,19,22H,1,4-5,10-12,17-18H2. The molecular formula is C23H28OS2. The number of carbonyl (C=O) groups is 1. The summed E-state index contributed by atoms with van der Waals surface area (Å²) in [6.45, 7) is 0. The summed E-state index contributed by atoms with van der Waals surface area (Å²) in [5, 5.41) is 0.108. The highest BCUT2D eigenvalue weighted by Crippen LogP contribution is 2.34. The first kappa shape index (κ1) is 19.6. The van der Waals surface area contributed by atoms with Crippen molar-refractivity contribution in [2.45, 2.75) is 60.0 Å². The van der Waals surface area contributed by atoms with Crippen molar-refractivity contribution in [3.8, 4) is 0 Å². The second kappa shape index (κ2) is 10.8. The molecule has 0 aliphatic heterocycles. The molecule has 0 spiro atoms. The van der Waals surface area contributed by atoms with Crippen LogP contribution >= 0.6 is 23.5 Å². The van der Waals surface area contributed by atoms with Gasteiger partial charge in [-0.25, -0.2) is 0 Å². The van der Waals surface area contributed by atoms with Crippen molar-refractivity contribution in [3.63, 3.8) is 0 Å². The van der Waals surface area contributed by atoms with Crippen LogP contribution in [0.2, 0.25) is 0 Å². The highest BCUT2D eigenvalue weighted by atomic mass is 32.2. The van der Waals surface area contributed by atoms with Gasteiger partial charge in [-0.15, -0.1) is 23.5 Å². The molecule has 1 saturated carbocycles. The predicted molar refractivity (Wildman–Crippen MR) is 114 cm³/mol. The van der Waals surface area contributed by atoms with Crippen LogP contribution in [0.3, 0.4) is 0 Å². The van der Waals surface area contributed by atoms with Crippen molar-refractivity contribution in [3.05, 3.63) is 60.7 Å². The molecule has 3 heteroatoms. The number of benzene rings is 2. The van der Waals surface area contributed by atoms with Crippen molar-refractivity contribution < 1.29 is 4.79 Å². The van der Waals surface area contributed by atoms with E-state index in [0.29, 0.717) is 11.7 Å². The van der Waals surface area contributed by atoms with E-state index in [9.17, 15) is 4.79 Å². The minimum absolute atomic E-state index is 0.108. The number of hydrogen-bond donors (Lipinski definition) is 0. The van der Waals surface area contributed by atoms with E-state index >= 15 is 0 Å². The topological polar surface area (TPSA) is 17.1 Å². The molecule has 1 atom stereocenters. The highest BCUT2D eigenvalue weighted by Gasteiger charge is 2.28. The Hall–Kier alpha value is -1.19. The second-order valence-corrected chi connectivity index (χ2v) is 9.41. The lowest BCUT2D eigenvalue weighted by atomic mass is 9.84. The lowest BCUT2D eigenvalue weighted by Gasteiger charge is -2.25. The molecule has 138 valence electrons. The van der Waals surface area contributed by atoms with Gasteiger partial charge in [-0.2, -0.15) is 0 Å². The van der Waals surface area contributed by atoms with E-state index in [1.165, 1.54) is 29.1 Å². The normalized spacial score (nSPS) is 16.3.